The molecule has 0 atom stereocenters. The highest BCUT2D eigenvalue weighted by molar-refractivity contribution is 7.00. The monoisotopic (exact) mass is 390 g/mol. The molecular formula is C19H27BN2O4S. The highest BCUT2D eigenvalue weighted by Crippen LogP contribution is 2.46. The van der Waals surface area contributed by atoms with Gasteiger partial charge in [-0.15, -0.1) is 0 Å². The molecule has 2 aromatic rings. The van der Waals surface area contributed by atoms with Crippen molar-refractivity contribution in [3.8, 4) is 0 Å². The van der Waals surface area contributed by atoms with Gasteiger partial charge in [0.1, 0.15) is 11.0 Å². The fourth-order valence-electron chi connectivity index (χ4n) is 3.23. The van der Waals surface area contributed by atoms with Crippen molar-refractivity contribution in [2.75, 3.05) is 0 Å². The fourth-order valence-corrected chi connectivity index (χ4v) is 3.81. The van der Waals surface area contributed by atoms with Crippen molar-refractivity contribution < 1.29 is 18.8 Å². The number of hydrogen-bond acceptors (Lipinski definition) is 7. The molecule has 1 aromatic heterocycles. The maximum absolute atomic E-state index is 6.21. The molecule has 8 heteroatoms. The second-order valence-corrected chi connectivity index (χ2v) is 9.91. The average molecular weight is 390 g/mol. The van der Waals surface area contributed by atoms with Gasteiger partial charge >= 0.3 is 7.12 Å². The Kier molecular flexibility index (Phi) is 4.09. The van der Waals surface area contributed by atoms with Gasteiger partial charge in [0, 0.05) is 11.0 Å². The summed E-state index contributed by atoms with van der Waals surface area (Å²) >= 11 is 1.18. The molecule has 4 rings (SSSR count). The zero-order chi connectivity index (χ0) is 19.8. The predicted molar refractivity (Wildman–Crippen MR) is 106 cm³/mol. The third-order valence-electron chi connectivity index (χ3n) is 6.49. The van der Waals surface area contributed by atoms with E-state index in [4.69, 9.17) is 18.8 Å². The number of fused-ring (bicyclic) bond motifs is 1. The van der Waals surface area contributed by atoms with E-state index < -0.39 is 35.8 Å². The van der Waals surface area contributed by atoms with Crippen molar-refractivity contribution in [3.05, 3.63) is 17.7 Å². The Morgan fingerprint density at radius 1 is 0.778 bits per heavy atom. The normalized spacial score (nSPS) is 26.1. The maximum Gasteiger partial charge on any atom is 0.497 e. The summed E-state index contributed by atoms with van der Waals surface area (Å²) in [7, 11) is -0.478. The van der Waals surface area contributed by atoms with E-state index in [1.807, 2.05) is 67.5 Å². The molecule has 2 aliphatic heterocycles. The van der Waals surface area contributed by atoms with Crippen LogP contribution in [0.5, 0.6) is 0 Å². The van der Waals surface area contributed by atoms with E-state index in [9.17, 15) is 0 Å². The summed E-state index contributed by atoms with van der Waals surface area (Å²) < 4.78 is 33.9. The van der Waals surface area contributed by atoms with Gasteiger partial charge in [-0.05, 0) is 55.4 Å². The molecule has 1 aromatic carbocycles. The first-order chi connectivity index (χ1) is 12.3. The SMILES string of the molecule is CC1(C)OB(c2ccc(C3OC(C)(C)C(C)(C)O3)c3nsnc23)OC1(C)C. The van der Waals surface area contributed by atoms with Crippen LogP contribution < -0.4 is 5.46 Å². The smallest absolute Gasteiger partial charge is 0.399 e. The summed E-state index contributed by atoms with van der Waals surface area (Å²) in [5.41, 5.74) is 1.72. The molecule has 6 nitrogen and oxygen atoms in total. The van der Waals surface area contributed by atoms with Crippen LogP contribution in [-0.4, -0.2) is 38.3 Å². The largest absolute Gasteiger partial charge is 0.497 e. The summed E-state index contributed by atoms with van der Waals surface area (Å²) in [6.07, 6.45) is -0.478. The van der Waals surface area contributed by atoms with Crippen LogP contribution in [0.2, 0.25) is 0 Å². The molecule has 2 fully saturated rings. The van der Waals surface area contributed by atoms with Crippen LogP contribution in [0.3, 0.4) is 0 Å². The summed E-state index contributed by atoms with van der Waals surface area (Å²) in [4.78, 5) is 0. The number of nitrogens with zero attached hydrogens (tertiary/aromatic N) is 2. The topological polar surface area (TPSA) is 62.7 Å². The van der Waals surface area contributed by atoms with E-state index in [0.717, 1.165) is 22.1 Å². The quantitative estimate of drug-likeness (QED) is 0.731. The van der Waals surface area contributed by atoms with Gasteiger partial charge in [0.25, 0.3) is 0 Å². The minimum Gasteiger partial charge on any atom is -0.399 e. The van der Waals surface area contributed by atoms with E-state index in [0.29, 0.717) is 0 Å². The van der Waals surface area contributed by atoms with Crippen molar-refractivity contribution in [2.45, 2.75) is 84.1 Å². The van der Waals surface area contributed by atoms with Crippen molar-refractivity contribution in [1.29, 1.82) is 0 Å². The average Bonchev–Trinajstić information content (AvgIpc) is 3.13. The number of benzene rings is 1. The van der Waals surface area contributed by atoms with Crippen molar-refractivity contribution in [3.63, 3.8) is 0 Å². The zero-order valence-corrected chi connectivity index (χ0v) is 18.1. The number of hydrogen-bond donors (Lipinski definition) is 0. The Morgan fingerprint density at radius 3 is 1.85 bits per heavy atom. The Bertz CT molecular complexity index is 791. The lowest BCUT2D eigenvalue weighted by molar-refractivity contribution is -0.0886. The van der Waals surface area contributed by atoms with Gasteiger partial charge < -0.3 is 18.8 Å². The molecule has 0 bridgehead atoms. The summed E-state index contributed by atoms with van der Waals surface area (Å²) in [5, 5.41) is 0. The first kappa shape index (κ1) is 19.3. The molecule has 0 spiro atoms. The van der Waals surface area contributed by atoms with Crippen LogP contribution in [-0.2, 0) is 18.8 Å². The second kappa shape index (κ2) is 5.73. The molecule has 0 amide bonds. The van der Waals surface area contributed by atoms with Crippen molar-refractivity contribution in [2.24, 2.45) is 0 Å². The van der Waals surface area contributed by atoms with Crippen LogP contribution in [0.25, 0.3) is 11.0 Å². The Morgan fingerprint density at radius 2 is 1.30 bits per heavy atom. The van der Waals surface area contributed by atoms with Gasteiger partial charge in [-0.2, -0.15) is 8.75 Å². The zero-order valence-electron chi connectivity index (χ0n) is 17.2. The molecule has 0 aliphatic carbocycles. The van der Waals surface area contributed by atoms with Crippen LogP contribution in [0.4, 0.5) is 0 Å². The second-order valence-electron chi connectivity index (χ2n) is 9.38. The van der Waals surface area contributed by atoms with Crippen LogP contribution in [0.1, 0.15) is 67.2 Å². The summed E-state index contributed by atoms with van der Waals surface area (Å²) in [6, 6.07) is 3.98. The van der Waals surface area contributed by atoms with Gasteiger partial charge in [0.2, 0.25) is 0 Å². The summed E-state index contributed by atoms with van der Waals surface area (Å²) in [6.45, 7) is 16.4. The van der Waals surface area contributed by atoms with Gasteiger partial charge in [0.15, 0.2) is 6.29 Å². The Balaban J connectivity index is 1.73. The molecule has 0 saturated carbocycles. The van der Waals surface area contributed by atoms with Gasteiger partial charge in [0.05, 0.1) is 34.1 Å². The summed E-state index contributed by atoms with van der Waals surface area (Å²) in [5.74, 6) is 0. The molecule has 3 heterocycles. The predicted octanol–water partition coefficient (Wildman–Crippen LogP) is 3.59. The standard InChI is InChI=1S/C19H27BN2O4S/c1-16(2)17(3,4)24-15(23-16)11-9-10-12(14-13(11)21-27-22-14)20-25-18(5,6)19(7,8)26-20/h9-10,15H,1-8H3. The minimum atomic E-state index is -0.478. The van der Waals surface area contributed by atoms with Crippen molar-refractivity contribution in [1.82, 2.24) is 8.75 Å². The molecule has 2 saturated heterocycles. The third-order valence-corrected chi connectivity index (χ3v) is 7.02. The van der Waals surface area contributed by atoms with E-state index in [2.05, 4.69) is 8.75 Å². The van der Waals surface area contributed by atoms with Crippen molar-refractivity contribution >= 4 is 35.3 Å². The van der Waals surface area contributed by atoms with Gasteiger partial charge in [-0.3, -0.25) is 0 Å². The lowest BCUT2D eigenvalue weighted by atomic mass is 9.77. The first-order valence-electron chi connectivity index (χ1n) is 9.31. The molecule has 146 valence electrons. The fraction of sp³-hybridized carbons (Fsp3) is 0.684. The van der Waals surface area contributed by atoms with Crippen LogP contribution in [0, 0.1) is 0 Å². The Labute approximate surface area is 165 Å². The molecule has 2 aliphatic rings. The van der Waals surface area contributed by atoms with E-state index in [1.54, 1.807) is 0 Å². The van der Waals surface area contributed by atoms with Crippen LogP contribution >= 0.6 is 11.7 Å². The molecule has 0 N–H and O–H groups in total. The van der Waals surface area contributed by atoms with E-state index in [-0.39, 0.29) is 0 Å². The third kappa shape index (κ3) is 2.84. The molecule has 0 unspecified atom stereocenters. The highest BCUT2D eigenvalue weighted by Gasteiger charge is 2.53. The minimum absolute atomic E-state index is 0.405. The number of aromatic nitrogens is 2. The maximum atomic E-state index is 6.21. The molecule has 0 radical (unpaired) electrons. The van der Waals surface area contributed by atoms with E-state index in [1.165, 1.54) is 11.7 Å². The number of rotatable bonds is 2. The van der Waals surface area contributed by atoms with E-state index >= 15 is 0 Å². The molecular weight excluding hydrogens is 363 g/mol. The highest BCUT2D eigenvalue weighted by atomic mass is 32.1. The number of ether oxygens (including phenoxy) is 2. The lowest BCUT2D eigenvalue weighted by Gasteiger charge is -2.32. The molecule has 27 heavy (non-hydrogen) atoms. The first-order valence-corrected chi connectivity index (χ1v) is 10.0. The van der Waals surface area contributed by atoms with Crippen LogP contribution in [0.15, 0.2) is 12.1 Å². The van der Waals surface area contributed by atoms with Gasteiger partial charge in [-0.1, -0.05) is 12.1 Å². The Hall–Kier alpha value is -1.06. The van der Waals surface area contributed by atoms with Gasteiger partial charge in [-0.25, -0.2) is 0 Å². The lowest BCUT2D eigenvalue weighted by Crippen LogP contribution is -2.41.